The number of urea groups is 1. The summed E-state index contributed by atoms with van der Waals surface area (Å²) in [5, 5.41) is 12.4. The van der Waals surface area contributed by atoms with Crippen LogP contribution in [-0.4, -0.2) is 45.2 Å². The zero-order valence-electron chi connectivity index (χ0n) is 13.7. The minimum absolute atomic E-state index is 0.0235. The maximum Gasteiger partial charge on any atom is 0.318 e. The lowest BCUT2D eigenvalue weighted by Crippen LogP contribution is -2.44. The first-order valence-corrected chi connectivity index (χ1v) is 8.22. The number of hydrogen-bond acceptors (Lipinski definition) is 4. The molecule has 3 rings (SSSR count). The van der Waals surface area contributed by atoms with E-state index in [1.165, 1.54) is 6.33 Å². The highest BCUT2D eigenvalue weighted by Gasteiger charge is 2.28. The summed E-state index contributed by atoms with van der Waals surface area (Å²) < 4.78 is 0. The van der Waals surface area contributed by atoms with E-state index >= 15 is 0 Å². The molecule has 2 heterocycles. The summed E-state index contributed by atoms with van der Waals surface area (Å²) >= 11 is 0. The van der Waals surface area contributed by atoms with E-state index in [4.69, 9.17) is 0 Å². The molecule has 0 bridgehead atoms. The molecular formula is C18H22N4O2. The minimum Gasteiger partial charge on any atom is -0.394 e. The fourth-order valence-corrected chi connectivity index (χ4v) is 3.06. The highest BCUT2D eigenvalue weighted by molar-refractivity contribution is 5.75. The van der Waals surface area contributed by atoms with Crippen LogP contribution in [0.1, 0.15) is 31.4 Å². The van der Waals surface area contributed by atoms with Gasteiger partial charge in [-0.05, 0) is 30.9 Å². The van der Waals surface area contributed by atoms with Gasteiger partial charge in [0, 0.05) is 24.5 Å². The van der Waals surface area contributed by atoms with E-state index in [9.17, 15) is 9.90 Å². The van der Waals surface area contributed by atoms with Crippen LogP contribution < -0.4 is 5.32 Å². The second-order valence-electron chi connectivity index (χ2n) is 6.09. The van der Waals surface area contributed by atoms with Crippen LogP contribution in [0.2, 0.25) is 0 Å². The number of hydrogen-bond donors (Lipinski definition) is 2. The average molecular weight is 326 g/mol. The Morgan fingerprint density at radius 3 is 2.67 bits per heavy atom. The van der Waals surface area contributed by atoms with E-state index < -0.39 is 0 Å². The molecule has 1 aliphatic rings. The Hall–Kier alpha value is -2.47. The maximum atomic E-state index is 12.4. The Morgan fingerprint density at radius 1 is 1.29 bits per heavy atom. The molecular weight excluding hydrogens is 304 g/mol. The van der Waals surface area contributed by atoms with Crippen LogP contribution in [0, 0.1) is 0 Å². The van der Waals surface area contributed by atoms with Crippen molar-refractivity contribution in [3.63, 3.8) is 0 Å². The zero-order valence-corrected chi connectivity index (χ0v) is 13.7. The molecule has 1 fully saturated rings. The number of benzene rings is 1. The number of carbonyl (C=O) groups excluding carboxylic acids is 1. The summed E-state index contributed by atoms with van der Waals surface area (Å²) in [6.45, 7) is 2.69. The molecule has 1 aromatic heterocycles. The third-order valence-electron chi connectivity index (χ3n) is 4.49. The summed E-state index contributed by atoms with van der Waals surface area (Å²) in [6, 6.07) is 7.74. The highest BCUT2D eigenvalue weighted by Crippen LogP contribution is 2.22. The number of amides is 2. The second kappa shape index (κ2) is 7.40. The number of likely N-dealkylation sites (tertiary alicyclic amines) is 1. The molecule has 126 valence electrons. The minimum atomic E-state index is -0.111. The lowest BCUT2D eigenvalue weighted by molar-refractivity contribution is 0.155. The molecule has 1 saturated heterocycles. The molecule has 0 spiro atoms. The molecule has 2 N–H and O–H groups in total. The molecule has 1 unspecified atom stereocenters. The summed E-state index contributed by atoms with van der Waals surface area (Å²) in [5.41, 5.74) is 3.03. The van der Waals surface area contributed by atoms with Crippen molar-refractivity contribution in [2.45, 2.75) is 31.8 Å². The van der Waals surface area contributed by atoms with Gasteiger partial charge in [0.15, 0.2) is 0 Å². The Morgan fingerprint density at radius 2 is 2.00 bits per heavy atom. The van der Waals surface area contributed by atoms with Gasteiger partial charge in [0.2, 0.25) is 0 Å². The fourth-order valence-electron chi connectivity index (χ4n) is 3.06. The van der Waals surface area contributed by atoms with Gasteiger partial charge < -0.3 is 15.3 Å². The molecule has 0 aliphatic carbocycles. The highest BCUT2D eigenvalue weighted by atomic mass is 16.3. The first-order chi connectivity index (χ1) is 11.7. The van der Waals surface area contributed by atoms with Gasteiger partial charge in [-0.1, -0.05) is 24.3 Å². The number of aliphatic hydroxyl groups excluding tert-OH is 1. The topological polar surface area (TPSA) is 78.4 Å². The number of aromatic nitrogens is 2. The summed E-state index contributed by atoms with van der Waals surface area (Å²) in [4.78, 5) is 22.1. The second-order valence-corrected chi connectivity index (χ2v) is 6.09. The zero-order chi connectivity index (χ0) is 16.9. The van der Waals surface area contributed by atoms with E-state index in [0.717, 1.165) is 29.5 Å². The predicted octanol–water partition coefficient (Wildman–Crippen LogP) is 2.37. The first-order valence-electron chi connectivity index (χ1n) is 8.22. The van der Waals surface area contributed by atoms with Gasteiger partial charge in [0.25, 0.3) is 0 Å². The quantitative estimate of drug-likeness (QED) is 0.904. The largest absolute Gasteiger partial charge is 0.394 e. The van der Waals surface area contributed by atoms with Crippen molar-refractivity contribution in [2.24, 2.45) is 0 Å². The fraction of sp³-hybridized carbons (Fsp3) is 0.389. The number of carbonyl (C=O) groups is 1. The van der Waals surface area contributed by atoms with Gasteiger partial charge in [-0.15, -0.1) is 0 Å². The normalized spacial score (nSPS) is 18.4. The Kier molecular flexibility index (Phi) is 5.05. The Balaban J connectivity index is 1.65. The molecule has 1 aliphatic heterocycles. The van der Waals surface area contributed by atoms with Gasteiger partial charge in [0.1, 0.15) is 6.33 Å². The van der Waals surface area contributed by atoms with E-state index in [0.29, 0.717) is 6.54 Å². The number of nitrogens with zero attached hydrogens (tertiary/aromatic N) is 3. The van der Waals surface area contributed by atoms with Gasteiger partial charge in [-0.2, -0.15) is 0 Å². The molecule has 1 aromatic carbocycles. The van der Waals surface area contributed by atoms with Crippen molar-refractivity contribution >= 4 is 6.03 Å². The Bertz CT molecular complexity index is 675. The molecule has 6 nitrogen and oxygen atoms in total. The van der Waals surface area contributed by atoms with Gasteiger partial charge in [0.05, 0.1) is 18.7 Å². The standard InChI is InChI=1S/C18H22N4O2/c1-13(21-18(24)22-8-2-3-17(22)11-23)14-4-6-15(7-5-14)16-9-19-12-20-10-16/h4-7,9-10,12-13,17,23H,2-3,8,11H2,1H3,(H,21,24)/t13?,17-/m1/s1. The average Bonchev–Trinajstić information content (AvgIpc) is 3.11. The molecule has 2 amide bonds. The SMILES string of the molecule is CC(NC(=O)N1CCC[C@@H]1CO)c1ccc(-c2cncnc2)cc1. The summed E-state index contributed by atoms with van der Waals surface area (Å²) in [6.07, 6.45) is 6.87. The van der Waals surface area contributed by atoms with Crippen LogP contribution in [-0.2, 0) is 0 Å². The van der Waals surface area contributed by atoms with Crippen LogP contribution in [0.4, 0.5) is 4.79 Å². The lowest BCUT2D eigenvalue weighted by Gasteiger charge is -2.25. The maximum absolute atomic E-state index is 12.4. The van der Waals surface area contributed by atoms with Crippen LogP contribution in [0.5, 0.6) is 0 Å². The molecule has 0 saturated carbocycles. The van der Waals surface area contributed by atoms with Crippen molar-refractivity contribution in [2.75, 3.05) is 13.2 Å². The van der Waals surface area contributed by atoms with Crippen LogP contribution in [0.3, 0.4) is 0 Å². The van der Waals surface area contributed by atoms with Crippen LogP contribution >= 0.6 is 0 Å². The molecule has 2 atom stereocenters. The number of aliphatic hydroxyl groups is 1. The molecule has 0 radical (unpaired) electrons. The first kappa shape index (κ1) is 16.4. The third-order valence-corrected chi connectivity index (χ3v) is 4.49. The Labute approximate surface area is 141 Å². The van der Waals surface area contributed by atoms with E-state index in [-0.39, 0.29) is 24.7 Å². The van der Waals surface area contributed by atoms with Crippen LogP contribution in [0.25, 0.3) is 11.1 Å². The van der Waals surface area contributed by atoms with E-state index in [1.807, 2.05) is 31.2 Å². The number of rotatable bonds is 4. The molecule has 2 aromatic rings. The van der Waals surface area contributed by atoms with Crippen LogP contribution in [0.15, 0.2) is 43.0 Å². The summed E-state index contributed by atoms with van der Waals surface area (Å²) in [7, 11) is 0. The monoisotopic (exact) mass is 326 g/mol. The van der Waals surface area contributed by atoms with Crippen molar-refractivity contribution in [1.29, 1.82) is 0 Å². The third kappa shape index (κ3) is 3.54. The van der Waals surface area contributed by atoms with Gasteiger partial charge >= 0.3 is 6.03 Å². The van der Waals surface area contributed by atoms with Crippen molar-refractivity contribution in [1.82, 2.24) is 20.2 Å². The van der Waals surface area contributed by atoms with Crippen molar-refractivity contribution < 1.29 is 9.90 Å². The lowest BCUT2D eigenvalue weighted by atomic mass is 10.0. The van der Waals surface area contributed by atoms with Gasteiger partial charge in [-0.3, -0.25) is 0 Å². The predicted molar refractivity (Wildman–Crippen MR) is 91.2 cm³/mol. The smallest absolute Gasteiger partial charge is 0.318 e. The van der Waals surface area contributed by atoms with Gasteiger partial charge in [-0.25, -0.2) is 14.8 Å². The van der Waals surface area contributed by atoms with Crippen molar-refractivity contribution in [3.05, 3.63) is 48.5 Å². The molecule has 24 heavy (non-hydrogen) atoms. The van der Waals surface area contributed by atoms with E-state index in [1.54, 1.807) is 17.3 Å². The number of nitrogens with one attached hydrogen (secondary N) is 1. The van der Waals surface area contributed by atoms with Crippen molar-refractivity contribution in [3.8, 4) is 11.1 Å². The summed E-state index contributed by atoms with van der Waals surface area (Å²) in [5.74, 6) is 0. The molecule has 6 heteroatoms. The van der Waals surface area contributed by atoms with E-state index in [2.05, 4.69) is 15.3 Å².